The van der Waals surface area contributed by atoms with E-state index in [1.54, 1.807) is 0 Å². The molecule has 0 spiro atoms. The molecule has 0 unspecified atom stereocenters. The zero-order valence-corrected chi connectivity index (χ0v) is 16.8. The zero-order valence-electron chi connectivity index (χ0n) is 15.2. The van der Waals surface area contributed by atoms with Gasteiger partial charge in [-0.25, -0.2) is 4.39 Å². The van der Waals surface area contributed by atoms with Crippen LogP contribution in [-0.2, 0) is 23.0 Å². The molecule has 1 aliphatic rings. The molecular weight excluding hydrogens is 410 g/mol. The van der Waals surface area contributed by atoms with Gasteiger partial charge in [0.1, 0.15) is 11.6 Å². The number of hydrogen-bond acceptors (Lipinski definition) is 4. The molecule has 0 radical (unpaired) electrons. The Bertz CT molecular complexity index is 734. The largest absolute Gasteiger partial charge is 0.534 e. The van der Waals surface area contributed by atoms with Crippen molar-refractivity contribution in [3.8, 4) is 5.75 Å². The van der Waals surface area contributed by atoms with Crippen LogP contribution in [0.1, 0.15) is 44.2 Å². The normalized spacial score (nSPS) is 17.4. The third kappa shape index (κ3) is 5.48. The van der Waals surface area contributed by atoms with Crippen molar-refractivity contribution in [2.75, 3.05) is 13.1 Å². The lowest BCUT2D eigenvalue weighted by Gasteiger charge is -2.35. The molecule has 0 bridgehead atoms. The van der Waals surface area contributed by atoms with Crippen molar-refractivity contribution < 1.29 is 30.2 Å². The quantitative estimate of drug-likeness (QED) is 0.362. The van der Waals surface area contributed by atoms with Gasteiger partial charge < -0.3 is 9.08 Å². The summed E-state index contributed by atoms with van der Waals surface area (Å²) in [5.74, 6) is -0.982. The molecule has 27 heavy (non-hydrogen) atoms. The van der Waals surface area contributed by atoms with E-state index in [-0.39, 0.29) is 36.0 Å². The van der Waals surface area contributed by atoms with Gasteiger partial charge in [0.2, 0.25) is 0 Å². The topological polar surface area (TPSA) is 46.6 Å². The van der Waals surface area contributed by atoms with Crippen LogP contribution in [0.15, 0.2) is 12.1 Å². The highest BCUT2D eigenvalue weighted by molar-refractivity contribution is 7.88. The summed E-state index contributed by atoms with van der Waals surface area (Å²) in [6, 6.07) is 1.93. The molecule has 0 saturated carbocycles. The van der Waals surface area contributed by atoms with Crippen molar-refractivity contribution in [3.63, 3.8) is 0 Å². The van der Waals surface area contributed by atoms with Gasteiger partial charge in [0.05, 0.1) is 0 Å². The standard InChI is InChI=1S/C17H23F4NO3S.ClH/c1-3-9-22(10-4-2)12-5-6-13-14(11-12)16(8-7-15(13)18)25-26(23,24)17(19,20)21;/h7-8,12H,3-6,9-11H2,1-2H3;1H/t12-;/m0./s1. The van der Waals surface area contributed by atoms with Crippen molar-refractivity contribution in [1.29, 1.82) is 0 Å². The molecule has 1 aromatic rings. The number of alkyl halides is 3. The van der Waals surface area contributed by atoms with Crippen LogP contribution < -0.4 is 4.18 Å². The first-order valence-corrected chi connectivity index (χ1v) is 10.1. The van der Waals surface area contributed by atoms with E-state index in [0.29, 0.717) is 12.8 Å². The minimum atomic E-state index is -5.79. The Morgan fingerprint density at radius 3 is 2.26 bits per heavy atom. The molecule has 0 N–H and O–H groups in total. The summed E-state index contributed by atoms with van der Waals surface area (Å²) >= 11 is 0. The average Bonchev–Trinajstić information content (AvgIpc) is 2.56. The van der Waals surface area contributed by atoms with E-state index >= 15 is 0 Å². The van der Waals surface area contributed by atoms with Crippen molar-refractivity contribution in [1.82, 2.24) is 4.90 Å². The SMILES string of the molecule is CCCN(CCC)[C@H]1CCc2c(F)ccc(OS(=O)(=O)C(F)(F)F)c2C1.Cl. The molecule has 2 rings (SSSR count). The van der Waals surface area contributed by atoms with E-state index in [4.69, 9.17) is 0 Å². The van der Waals surface area contributed by atoms with E-state index < -0.39 is 27.2 Å². The Labute approximate surface area is 163 Å². The number of benzene rings is 1. The van der Waals surface area contributed by atoms with Crippen LogP contribution in [0.2, 0.25) is 0 Å². The predicted molar refractivity (Wildman–Crippen MR) is 97.2 cm³/mol. The van der Waals surface area contributed by atoms with Crippen LogP contribution in [-0.4, -0.2) is 38.0 Å². The summed E-state index contributed by atoms with van der Waals surface area (Å²) in [4.78, 5) is 2.22. The summed E-state index contributed by atoms with van der Waals surface area (Å²) in [5, 5.41) is 0. The van der Waals surface area contributed by atoms with Crippen molar-refractivity contribution >= 4 is 22.5 Å². The van der Waals surface area contributed by atoms with Gasteiger partial charge in [-0.2, -0.15) is 21.6 Å². The van der Waals surface area contributed by atoms with Crippen molar-refractivity contribution in [3.05, 3.63) is 29.1 Å². The molecule has 156 valence electrons. The summed E-state index contributed by atoms with van der Waals surface area (Å²) in [6.45, 7) is 5.70. The summed E-state index contributed by atoms with van der Waals surface area (Å²) in [5.41, 5.74) is -5.07. The second-order valence-corrected chi connectivity index (χ2v) is 7.96. The first-order valence-electron chi connectivity index (χ1n) is 8.65. The van der Waals surface area contributed by atoms with Crippen LogP contribution in [0.5, 0.6) is 5.75 Å². The first-order chi connectivity index (χ1) is 12.1. The lowest BCUT2D eigenvalue weighted by atomic mass is 9.86. The van der Waals surface area contributed by atoms with E-state index in [1.165, 1.54) is 0 Å². The number of halogens is 5. The van der Waals surface area contributed by atoms with Crippen LogP contribution in [0.4, 0.5) is 17.6 Å². The third-order valence-electron chi connectivity index (χ3n) is 4.52. The van der Waals surface area contributed by atoms with Crippen LogP contribution in [0, 0.1) is 5.82 Å². The zero-order chi connectivity index (χ0) is 19.5. The second-order valence-electron chi connectivity index (χ2n) is 6.42. The van der Waals surface area contributed by atoms with Crippen LogP contribution >= 0.6 is 12.4 Å². The minimum Gasteiger partial charge on any atom is -0.376 e. The molecular formula is C17H24ClF4NO3S. The molecule has 1 aliphatic carbocycles. The van der Waals surface area contributed by atoms with Gasteiger partial charge >= 0.3 is 15.6 Å². The van der Waals surface area contributed by atoms with Crippen LogP contribution in [0.25, 0.3) is 0 Å². The molecule has 1 aromatic carbocycles. The fourth-order valence-electron chi connectivity index (χ4n) is 3.39. The van der Waals surface area contributed by atoms with E-state index in [0.717, 1.165) is 38.1 Å². The Hall–Kier alpha value is -1.06. The maximum atomic E-state index is 14.1. The molecule has 4 nitrogen and oxygen atoms in total. The maximum Gasteiger partial charge on any atom is 0.534 e. The molecule has 0 heterocycles. The predicted octanol–water partition coefficient (Wildman–Crippen LogP) is 4.46. The highest BCUT2D eigenvalue weighted by atomic mass is 35.5. The van der Waals surface area contributed by atoms with Gasteiger partial charge in [0, 0.05) is 11.6 Å². The molecule has 0 saturated heterocycles. The minimum absolute atomic E-state index is 0. The van der Waals surface area contributed by atoms with Crippen molar-refractivity contribution in [2.45, 2.75) is 57.5 Å². The average molecular weight is 434 g/mol. The first kappa shape index (κ1) is 24.0. The summed E-state index contributed by atoms with van der Waals surface area (Å²) in [7, 11) is -5.79. The Morgan fingerprint density at radius 2 is 1.74 bits per heavy atom. The lowest BCUT2D eigenvalue weighted by Crippen LogP contribution is -2.40. The van der Waals surface area contributed by atoms with E-state index in [2.05, 4.69) is 9.08 Å². The highest BCUT2D eigenvalue weighted by Crippen LogP contribution is 2.36. The van der Waals surface area contributed by atoms with E-state index in [1.807, 2.05) is 13.8 Å². The number of hydrogen-bond donors (Lipinski definition) is 0. The van der Waals surface area contributed by atoms with Gasteiger partial charge in [0.25, 0.3) is 0 Å². The Morgan fingerprint density at radius 1 is 1.15 bits per heavy atom. The lowest BCUT2D eigenvalue weighted by molar-refractivity contribution is -0.0500. The van der Waals surface area contributed by atoms with Gasteiger partial charge in [-0.1, -0.05) is 13.8 Å². The molecule has 10 heteroatoms. The summed E-state index contributed by atoms with van der Waals surface area (Å²) < 4.78 is 79.1. The van der Waals surface area contributed by atoms with Gasteiger partial charge in [-0.3, -0.25) is 0 Å². The number of nitrogens with zero attached hydrogens (tertiary/aromatic N) is 1. The third-order valence-corrected chi connectivity index (χ3v) is 5.49. The molecule has 0 aliphatic heterocycles. The van der Waals surface area contributed by atoms with E-state index in [9.17, 15) is 26.0 Å². The second kappa shape index (κ2) is 9.43. The summed E-state index contributed by atoms with van der Waals surface area (Å²) in [6.07, 6.45) is 3.09. The number of fused-ring (bicyclic) bond motifs is 1. The van der Waals surface area contributed by atoms with Gasteiger partial charge in [-0.15, -0.1) is 12.4 Å². The Kier molecular flexibility index (Phi) is 8.37. The fourth-order valence-corrected chi connectivity index (χ4v) is 3.88. The fraction of sp³-hybridized carbons (Fsp3) is 0.647. The van der Waals surface area contributed by atoms with Gasteiger partial charge in [-0.05, 0) is 62.9 Å². The highest BCUT2D eigenvalue weighted by Gasteiger charge is 2.49. The Balaban J connectivity index is 0.00000364. The van der Waals surface area contributed by atoms with Gasteiger partial charge in [0.15, 0.2) is 0 Å². The van der Waals surface area contributed by atoms with Crippen LogP contribution in [0.3, 0.4) is 0 Å². The molecule has 1 atom stereocenters. The molecule has 0 aromatic heterocycles. The smallest absolute Gasteiger partial charge is 0.376 e. The number of rotatable bonds is 7. The van der Waals surface area contributed by atoms with Crippen molar-refractivity contribution in [2.24, 2.45) is 0 Å². The molecule has 0 fully saturated rings. The monoisotopic (exact) mass is 433 g/mol. The molecule has 0 amide bonds. The maximum absolute atomic E-state index is 14.1.